The highest BCUT2D eigenvalue weighted by molar-refractivity contribution is 5.38. The number of ether oxygens (including phenoxy) is 3. The fraction of sp³-hybridized carbons (Fsp3) is 0.733. The molecule has 0 aliphatic rings. The Kier molecular flexibility index (Phi) is 7.39. The Morgan fingerprint density at radius 3 is 2.62 bits per heavy atom. The summed E-state index contributed by atoms with van der Waals surface area (Å²) >= 11 is 0. The van der Waals surface area contributed by atoms with E-state index in [4.69, 9.17) is 14.2 Å². The quantitative estimate of drug-likeness (QED) is 0.716. The molecule has 1 aromatic rings. The van der Waals surface area contributed by atoms with Crippen LogP contribution in [0, 0.1) is 0 Å². The van der Waals surface area contributed by atoms with Crippen molar-refractivity contribution in [1.29, 1.82) is 0 Å². The van der Waals surface area contributed by atoms with Crippen LogP contribution in [-0.4, -0.2) is 42.9 Å². The Morgan fingerprint density at radius 1 is 1.24 bits per heavy atom. The molecule has 0 aromatic carbocycles. The zero-order valence-electron chi connectivity index (χ0n) is 13.7. The molecule has 6 heteroatoms. The van der Waals surface area contributed by atoms with Crippen molar-refractivity contribution in [3.63, 3.8) is 0 Å². The second-order valence-electron chi connectivity index (χ2n) is 5.43. The second kappa shape index (κ2) is 8.79. The maximum Gasteiger partial charge on any atom is 0.218 e. The lowest BCUT2D eigenvalue weighted by Gasteiger charge is -2.22. The smallest absolute Gasteiger partial charge is 0.218 e. The van der Waals surface area contributed by atoms with Crippen molar-refractivity contribution in [1.82, 2.24) is 9.97 Å². The van der Waals surface area contributed by atoms with E-state index in [9.17, 15) is 0 Å². The summed E-state index contributed by atoms with van der Waals surface area (Å²) in [5.41, 5.74) is -0.203. The second-order valence-corrected chi connectivity index (χ2v) is 5.43. The Morgan fingerprint density at radius 2 is 2.00 bits per heavy atom. The molecule has 0 amide bonds. The van der Waals surface area contributed by atoms with E-state index in [1.807, 2.05) is 19.9 Å². The number of methoxy groups -OCH3 is 2. The van der Waals surface area contributed by atoms with Crippen molar-refractivity contribution in [3.8, 4) is 5.88 Å². The van der Waals surface area contributed by atoms with Gasteiger partial charge >= 0.3 is 0 Å². The van der Waals surface area contributed by atoms with Gasteiger partial charge in [0.2, 0.25) is 5.88 Å². The molecule has 0 aliphatic heterocycles. The lowest BCUT2D eigenvalue weighted by Crippen LogP contribution is -2.25. The lowest BCUT2D eigenvalue weighted by molar-refractivity contribution is 0.00503. The third kappa shape index (κ3) is 6.73. The molecule has 21 heavy (non-hydrogen) atoms. The average molecular weight is 297 g/mol. The summed E-state index contributed by atoms with van der Waals surface area (Å²) in [5, 5.41) is 3.24. The molecule has 0 saturated heterocycles. The van der Waals surface area contributed by atoms with E-state index in [0.717, 1.165) is 25.2 Å². The maximum absolute atomic E-state index is 5.72. The maximum atomic E-state index is 5.72. The van der Waals surface area contributed by atoms with Gasteiger partial charge in [0, 0.05) is 33.3 Å². The predicted molar refractivity (Wildman–Crippen MR) is 82.7 cm³/mol. The first-order chi connectivity index (χ1) is 10.0. The van der Waals surface area contributed by atoms with Crippen LogP contribution in [0.4, 0.5) is 5.82 Å². The third-order valence-electron chi connectivity index (χ3n) is 3.09. The SMILES string of the molecule is CCCNc1cc(OCCC(C)(C)OC)nc(COC)n1. The van der Waals surface area contributed by atoms with Crippen molar-refractivity contribution in [2.24, 2.45) is 0 Å². The Balaban J connectivity index is 2.68. The summed E-state index contributed by atoms with van der Waals surface area (Å²) in [7, 11) is 3.32. The number of hydrogen-bond donors (Lipinski definition) is 1. The van der Waals surface area contributed by atoms with Crippen LogP contribution >= 0.6 is 0 Å². The standard InChI is InChI=1S/C15H27N3O3/c1-6-8-16-12-10-14(18-13(17-12)11-19-4)21-9-7-15(2,3)20-5/h10H,6-9,11H2,1-5H3,(H,16,17,18). The molecule has 6 nitrogen and oxygen atoms in total. The van der Waals surface area contributed by atoms with Crippen molar-refractivity contribution >= 4 is 5.82 Å². The normalized spacial score (nSPS) is 11.5. The highest BCUT2D eigenvalue weighted by Crippen LogP contribution is 2.17. The van der Waals surface area contributed by atoms with Gasteiger partial charge in [-0.3, -0.25) is 0 Å². The van der Waals surface area contributed by atoms with Gasteiger partial charge in [0.15, 0.2) is 5.82 Å². The summed E-state index contributed by atoms with van der Waals surface area (Å²) in [5.74, 6) is 1.93. The zero-order chi connectivity index (χ0) is 15.7. The van der Waals surface area contributed by atoms with Crippen molar-refractivity contribution in [2.75, 3.05) is 32.7 Å². The van der Waals surface area contributed by atoms with Crippen LogP contribution in [0.2, 0.25) is 0 Å². The topological polar surface area (TPSA) is 65.5 Å². The third-order valence-corrected chi connectivity index (χ3v) is 3.09. The van der Waals surface area contributed by atoms with Gasteiger partial charge in [-0.2, -0.15) is 4.98 Å². The predicted octanol–water partition coefficient (Wildman–Crippen LogP) is 2.64. The number of nitrogens with zero attached hydrogens (tertiary/aromatic N) is 2. The molecule has 1 heterocycles. The Labute approximate surface area is 127 Å². The number of aromatic nitrogens is 2. The van der Waals surface area contributed by atoms with E-state index < -0.39 is 0 Å². The monoisotopic (exact) mass is 297 g/mol. The minimum Gasteiger partial charge on any atom is -0.477 e. The van der Waals surface area contributed by atoms with Gasteiger partial charge < -0.3 is 19.5 Å². The number of hydrogen-bond acceptors (Lipinski definition) is 6. The van der Waals surface area contributed by atoms with E-state index in [-0.39, 0.29) is 5.60 Å². The first-order valence-corrected chi connectivity index (χ1v) is 7.29. The minimum absolute atomic E-state index is 0.203. The highest BCUT2D eigenvalue weighted by Gasteiger charge is 2.16. The zero-order valence-corrected chi connectivity index (χ0v) is 13.7. The van der Waals surface area contributed by atoms with Crippen molar-refractivity contribution < 1.29 is 14.2 Å². The molecule has 0 radical (unpaired) electrons. The number of rotatable bonds is 10. The van der Waals surface area contributed by atoms with Gasteiger partial charge in [-0.1, -0.05) is 6.92 Å². The van der Waals surface area contributed by atoms with Crippen LogP contribution < -0.4 is 10.1 Å². The van der Waals surface area contributed by atoms with Gasteiger partial charge in [-0.25, -0.2) is 4.98 Å². The van der Waals surface area contributed by atoms with Crippen molar-refractivity contribution in [2.45, 2.75) is 45.8 Å². The first kappa shape index (κ1) is 17.7. The fourth-order valence-electron chi connectivity index (χ4n) is 1.59. The fourth-order valence-corrected chi connectivity index (χ4v) is 1.59. The van der Waals surface area contributed by atoms with E-state index >= 15 is 0 Å². The van der Waals surface area contributed by atoms with E-state index in [1.54, 1.807) is 14.2 Å². The molecule has 0 atom stereocenters. The minimum atomic E-state index is -0.203. The van der Waals surface area contributed by atoms with Gasteiger partial charge in [-0.15, -0.1) is 0 Å². The molecule has 1 aromatic heterocycles. The molecule has 120 valence electrons. The largest absolute Gasteiger partial charge is 0.477 e. The molecule has 0 fully saturated rings. The lowest BCUT2D eigenvalue weighted by atomic mass is 10.1. The van der Waals surface area contributed by atoms with Crippen LogP contribution in [-0.2, 0) is 16.1 Å². The van der Waals surface area contributed by atoms with Crippen LogP contribution in [0.25, 0.3) is 0 Å². The van der Waals surface area contributed by atoms with Crippen LogP contribution in [0.15, 0.2) is 6.07 Å². The molecule has 1 N–H and O–H groups in total. The molecular weight excluding hydrogens is 270 g/mol. The van der Waals surface area contributed by atoms with Crippen LogP contribution in [0.3, 0.4) is 0 Å². The van der Waals surface area contributed by atoms with Gasteiger partial charge in [0.25, 0.3) is 0 Å². The summed E-state index contributed by atoms with van der Waals surface area (Å²) in [6, 6.07) is 1.81. The number of nitrogens with one attached hydrogen (secondary N) is 1. The van der Waals surface area contributed by atoms with E-state index in [0.29, 0.717) is 24.9 Å². The first-order valence-electron chi connectivity index (χ1n) is 7.29. The summed E-state index contributed by atoms with van der Waals surface area (Å²) < 4.78 is 16.2. The summed E-state index contributed by atoms with van der Waals surface area (Å²) in [4.78, 5) is 8.72. The molecule has 0 aliphatic carbocycles. The van der Waals surface area contributed by atoms with Crippen molar-refractivity contribution in [3.05, 3.63) is 11.9 Å². The van der Waals surface area contributed by atoms with Gasteiger partial charge in [0.1, 0.15) is 12.4 Å². The highest BCUT2D eigenvalue weighted by atomic mass is 16.5. The van der Waals surface area contributed by atoms with Crippen LogP contribution in [0.1, 0.15) is 39.4 Å². The molecule has 0 saturated carbocycles. The number of anilines is 1. The summed E-state index contributed by atoms with van der Waals surface area (Å²) in [6.07, 6.45) is 1.81. The van der Waals surface area contributed by atoms with Gasteiger partial charge in [0.05, 0.1) is 12.2 Å². The van der Waals surface area contributed by atoms with Gasteiger partial charge in [-0.05, 0) is 20.3 Å². The molecule has 1 rings (SSSR count). The molecule has 0 unspecified atom stereocenters. The molecule has 0 bridgehead atoms. The molecular formula is C15H27N3O3. The summed E-state index contributed by atoms with van der Waals surface area (Å²) in [6.45, 7) is 7.93. The van der Waals surface area contributed by atoms with E-state index in [2.05, 4.69) is 22.2 Å². The van der Waals surface area contributed by atoms with E-state index in [1.165, 1.54) is 0 Å². The average Bonchev–Trinajstić information content (AvgIpc) is 2.45. The molecule has 0 spiro atoms. The Bertz CT molecular complexity index is 425. The Hall–Kier alpha value is -1.40. The van der Waals surface area contributed by atoms with Crippen LogP contribution in [0.5, 0.6) is 5.88 Å².